The topological polar surface area (TPSA) is 49.3 Å². The van der Waals surface area contributed by atoms with Crippen LogP contribution in [0.3, 0.4) is 0 Å². The lowest BCUT2D eigenvalue weighted by molar-refractivity contribution is 0.0916. The van der Waals surface area contributed by atoms with Crippen molar-refractivity contribution in [3.05, 3.63) is 70.8 Å². The molecular weight excluding hydrogens is 250 g/mol. The van der Waals surface area contributed by atoms with Gasteiger partial charge in [0.15, 0.2) is 0 Å². The third-order valence-corrected chi connectivity index (χ3v) is 3.46. The average Bonchev–Trinajstić information content (AvgIpc) is 2.48. The Morgan fingerprint density at radius 2 is 1.80 bits per heavy atom. The third-order valence-electron chi connectivity index (χ3n) is 3.46. The Labute approximate surface area is 119 Å². The van der Waals surface area contributed by atoms with Crippen LogP contribution in [0.4, 0.5) is 0 Å². The van der Waals surface area contributed by atoms with Crippen LogP contribution in [0.1, 0.15) is 33.1 Å². The number of aryl methyl sites for hydroxylation is 2. The molecule has 2 aromatic carbocycles. The standard InChI is InChI=1S/C17H19NO2/c1-12-8-9-15(10-13(12)2)17(20)18-16(11-19)14-6-4-3-5-7-14/h3-10,16,19H,11H2,1-2H3,(H,18,20)/t16-/m0/s1. The lowest BCUT2D eigenvalue weighted by Gasteiger charge is -2.17. The predicted molar refractivity (Wildman–Crippen MR) is 79.7 cm³/mol. The van der Waals surface area contributed by atoms with Crippen LogP contribution in [-0.4, -0.2) is 17.6 Å². The highest BCUT2D eigenvalue weighted by Crippen LogP contribution is 2.14. The summed E-state index contributed by atoms with van der Waals surface area (Å²) in [5, 5.41) is 12.3. The van der Waals surface area contributed by atoms with Gasteiger partial charge in [0, 0.05) is 5.56 Å². The fourth-order valence-corrected chi connectivity index (χ4v) is 2.04. The number of hydrogen-bond acceptors (Lipinski definition) is 2. The van der Waals surface area contributed by atoms with E-state index in [-0.39, 0.29) is 18.6 Å². The quantitative estimate of drug-likeness (QED) is 0.896. The Kier molecular flexibility index (Phi) is 4.53. The second kappa shape index (κ2) is 6.35. The summed E-state index contributed by atoms with van der Waals surface area (Å²) in [5.41, 5.74) is 3.75. The maximum atomic E-state index is 12.2. The van der Waals surface area contributed by atoms with E-state index in [9.17, 15) is 9.90 Å². The van der Waals surface area contributed by atoms with Crippen LogP contribution in [0.2, 0.25) is 0 Å². The molecule has 0 bridgehead atoms. The van der Waals surface area contributed by atoms with Gasteiger partial charge in [-0.05, 0) is 42.7 Å². The van der Waals surface area contributed by atoms with Gasteiger partial charge in [0.05, 0.1) is 12.6 Å². The smallest absolute Gasteiger partial charge is 0.251 e. The highest BCUT2D eigenvalue weighted by molar-refractivity contribution is 5.94. The molecule has 0 saturated carbocycles. The van der Waals surface area contributed by atoms with Gasteiger partial charge in [-0.2, -0.15) is 0 Å². The minimum Gasteiger partial charge on any atom is -0.394 e. The number of amides is 1. The van der Waals surface area contributed by atoms with E-state index in [0.717, 1.165) is 16.7 Å². The van der Waals surface area contributed by atoms with E-state index in [4.69, 9.17) is 0 Å². The lowest BCUT2D eigenvalue weighted by Crippen LogP contribution is -2.30. The monoisotopic (exact) mass is 269 g/mol. The second-order valence-corrected chi connectivity index (χ2v) is 4.92. The molecule has 2 N–H and O–H groups in total. The van der Waals surface area contributed by atoms with E-state index < -0.39 is 0 Å². The number of aliphatic hydroxyl groups excluding tert-OH is 1. The number of hydrogen-bond donors (Lipinski definition) is 2. The molecule has 2 rings (SSSR count). The van der Waals surface area contributed by atoms with Crippen molar-refractivity contribution in [2.75, 3.05) is 6.61 Å². The summed E-state index contributed by atoms with van der Waals surface area (Å²) in [4.78, 5) is 12.2. The highest BCUT2D eigenvalue weighted by Gasteiger charge is 2.14. The first-order chi connectivity index (χ1) is 9.61. The van der Waals surface area contributed by atoms with Crippen LogP contribution in [0.25, 0.3) is 0 Å². The van der Waals surface area contributed by atoms with Crippen LogP contribution < -0.4 is 5.32 Å². The number of carbonyl (C=O) groups is 1. The Hall–Kier alpha value is -2.13. The van der Waals surface area contributed by atoms with Crippen LogP contribution in [0.5, 0.6) is 0 Å². The van der Waals surface area contributed by atoms with Gasteiger partial charge in [-0.3, -0.25) is 4.79 Å². The molecule has 0 unspecified atom stereocenters. The second-order valence-electron chi connectivity index (χ2n) is 4.92. The van der Waals surface area contributed by atoms with Crippen molar-refractivity contribution < 1.29 is 9.90 Å². The fraction of sp³-hybridized carbons (Fsp3) is 0.235. The predicted octanol–water partition coefficient (Wildman–Crippen LogP) is 2.77. The molecule has 20 heavy (non-hydrogen) atoms. The van der Waals surface area contributed by atoms with Gasteiger partial charge in [-0.15, -0.1) is 0 Å². The zero-order chi connectivity index (χ0) is 14.5. The van der Waals surface area contributed by atoms with Crippen molar-refractivity contribution in [2.45, 2.75) is 19.9 Å². The number of aliphatic hydroxyl groups is 1. The van der Waals surface area contributed by atoms with Crippen molar-refractivity contribution in [3.8, 4) is 0 Å². The first-order valence-electron chi connectivity index (χ1n) is 6.65. The number of nitrogens with one attached hydrogen (secondary N) is 1. The van der Waals surface area contributed by atoms with Gasteiger partial charge in [0.2, 0.25) is 0 Å². The molecule has 0 heterocycles. The summed E-state index contributed by atoms with van der Waals surface area (Å²) >= 11 is 0. The number of carbonyl (C=O) groups excluding carboxylic acids is 1. The summed E-state index contributed by atoms with van der Waals surface area (Å²) in [6.07, 6.45) is 0. The molecule has 104 valence electrons. The van der Waals surface area contributed by atoms with E-state index in [1.807, 2.05) is 56.3 Å². The average molecular weight is 269 g/mol. The zero-order valence-electron chi connectivity index (χ0n) is 11.8. The van der Waals surface area contributed by atoms with Crippen molar-refractivity contribution in [3.63, 3.8) is 0 Å². The molecular formula is C17H19NO2. The molecule has 0 aromatic heterocycles. The largest absolute Gasteiger partial charge is 0.394 e. The summed E-state index contributed by atoms with van der Waals surface area (Å²) < 4.78 is 0. The summed E-state index contributed by atoms with van der Waals surface area (Å²) in [5.74, 6) is -0.170. The van der Waals surface area contributed by atoms with Gasteiger partial charge in [-0.25, -0.2) is 0 Å². The molecule has 0 aliphatic heterocycles. The van der Waals surface area contributed by atoms with Crippen molar-refractivity contribution in [1.29, 1.82) is 0 Å². The van der Waals surface area contributed by atoms with Gasteiger partial charge in [-0.1, -0.05) is 36.4 Å². The molecule has 0 aliphatic rings. The van der Waals surface area contributed by atoms with Gasteiger partial charge < -0.3 is 10.4 Å². The number of benzene rings is 2. The molecule has 3 nitrogen and oxygen atoms in total. The molecule has 3 heteroatoms. The zero-order valence-corrected chi connectivity index (χ0v) is 11.8. The molecule has 0 aliphatic carbocycles. The van der Waals surface area contributed by atoms with Crippen molar-refractivity contribution in [1.82, 2.24) is 5.32 Å². The normalized spacial score (nSPS) is 11.9. The lowest BCUT2D eigenvalue weighted by atomic mass is 10.0. The summed E-state index contributed by atoms with van der Waals surface area (Å²) in [7, 11) is 0. The van der Waals surface area contributed by atoms with E-state index in [1.165, 1.54) is 0 Å². The van der Waals surface area contributed by atoms with Crippen molar-refractivity contribution >= 4 is 5.91 Å². The molecule has 0 fully saturated rings. The summed E-state index contributed by atoms with van der Waals surface area (Å²) in [6.45, 7) is 3.87. The Balaban J connectivity index is 2.15. The van der Waals surface area contributed by atoms with E-state index >= 15 is 0 Å². The Morgan fingerprint density at radius 3 is 2.40 bits per heavy atom. The molecule has 2 aromatic rings. The minimum atomic E-state index is -0.384. The first-order valence-corrected chi connectivity index (χ1v) is 6.65. The van der Waals surface area contributed by atoms with Crippen LogP contribution in [0, 0.1) is 13.8 Å². The van der Waals surface area contributed by atoms with E-state index in [0.29, 0.717) is 5.56 Å². The maximum absolute atomic E-state index is 12.2. The van der Waals surface area contributed by atoms with Gasteiger partial charge >= 0.3 is 0 Å². The van der Waals surface area contributed by atoms with Crippen LogP contribution >= 0.6 is 0 Å². The molecule has 0 radical (unpaired) electrons. The molecule has 0 spiro atoms. The fourth-order valence-electron chi connectivity index (χ4n) is 2.04. The Bertz CT molecular complexity index is 593. The van der Waals surface area contributed by atoms with E-state index in [1.54, 1.807) is 6.07 Å². The molecule has 1 amide bonds. The van der Waals surface area contributed by atoms with Crippen molar-refractivity contribution in [2.24, 2.45) is 0 Å². The maximum Gasteiger partial charge on any atom is 0.251 e. The van der Waals surface area contributed by atoms with E-state index in [2.05, 4.69) is 5.32 Å². The third kappa shape index (κ3) is 3.25. The van der Waals surface area contributed by atoms with Gasteiger partial charge in [0.25, 0.3) is 5.91 Å². The molecule has 0 saturated heterocycles. The van der Waals surface area contributed by atoms with Crippen LogP contribution in [-0.2, 0) is 0 Å². The van der Waals surface area contributed by atoms with Gasteiger partial charge in [0.1, 0.15) is 0 Å². The minimum absolute atomic E-state index is 0.124. The highest BCUT2D eigenvalue weighted by atomic mass is 16.3. The SMILES string of the molecule is Cc1ccc(C(=O)N[C@@H](CO)c2ccccc2)cc1C. The molecule has 1 atom stereocenters. The van der Waals surface area contributed by atoms with Crippen LogP contribution in [0.15, 0.2) is 48.5 Å². The first kappa shape index (κ1) is 14.3. The Morgan fingerprint density at radius 1 is 1.10 bits per heavy atom. The number of rotatable bonds is 4. The summed E-state index contributed by atoms with van der Waals surface area (Å²) in [6, 6.07) is 14.7.